The van der Waals surface area contributed by atoms with Crippen LogP contribution in [0.4, 0.5) is 0 Å². The minimum absolute atomic E-state index is 0.0809. The molecule has 0 aromatic carbocycles. The first-order chi connectivity index (χ1) is 30.6. The van der Waals surface area contributed by atoms with E-state index < -0.39 is 6.10 Å². The predicted molar refractivity (Wildman–Crippen MR) is 270 cm³/mol. The molecule has 0 rings (SSSR count). The first-order valence-electron chi connectivity index (χ1n) is 27.5. The average molecular weight is 871 g/mol. The lowest BCUT2D eigenvalue weighted by Crippen LogP contribution is -2.30. The van der Waals surface area contributed by atoms with E-state index in [9.17, 15) is 9.59 Å². The third-order valence-corrected chi connectivity index (χ3v) is 12.1. The minimum Gasteiger partial charge on any atom is -0.462 e. The summed E-state index contributed by atoms with van der Waals surface area (Å²) in [6.07, 6.45) is 64.4. The van der Waals surface area contributed by atoms with Gasteiger partial charge in [0.1, 0.15) is 6.61 Å². The lowest BCUT2D eigenvalue weighted by molar-refractivity contribution is -0.163. The van der Waals surface area contributed by atoms with Crippen molar-refractivity contribution in [1.29, 1.82) is 0 Å². The Morgan fingerprint density at radius 3 is 1.00 bits per heavy atom. The zero-order valence-electron chi connectivity index (χ0n) is 41.9. The molecule has 62 heavy (non-hydrogen) atoms. The van der Waals surface area contributed by atoms with Gasteiger partial charge in [0.25, 0.3) is 0 Å². The van der Waals surface area contributed by atoms with E-state index in [4.69, 9.17) is 14.2 Å². The van der Waals surface area contributed by atoms with E-state index >= 15 is 0 Å². The highest BCUT2D eigenvalue weighted by Crippen LogP contribution is 2.15. The molecule has 0 aromatic rings. The third kappa shape index (κ3) is 50.8. The molecule has 0 spiro atoms. The Morgan fingerprint density at radius 1 is 0.339 bits per heavy atom. The van der Waals surface area contributed by atoms with E-state index in [1.165, 1.54) is 205 Å². The van der Waals surface area contributed by atoms with Gasteiger partial charge < -0.3 is 14.2 Å². The minimum atomic E-state index is -0.542. The molecule has 0 aliphatic carbocycles. The summed E-state index contributed by atoms with van der Waals surface area (Å²) >= 11 is 0. The van der Waals surface area contributed by atoms with Gasteiger partial charge in [0.2, 0.25) is 0 Å². The van der Waals surface area contributed by atoms with Gasteiger partial charge >= 0.3 is 11.9 Å². The van der Waals surface area contributed by atoms with Crippen molar-refractivity contribution in [2.45, 2.75) is 297 Å². The summed E-state index contributed by atoms with van der Waals surface area (Å²) in [7, 11) is 0. The largest absolute Gasteiger partial charge is 0.462 e. The zero-order valence-corrected chi connectivity index (χ0v) is 41.9. The second-order valence-corrected chi connectivity index (χ2v) is 18.5. The summed E-state index contributed by atoms with van der Waals surface area (Å²) in [6, 6.07) is 0. The van der Waals surface area contributed by atoms with Gasteiger partial charge in [-0.3, -0.25) is 9.59 Å². The summed E-state index contributed by atoms with van der Waals surface area (Å²) in [4.78, 5) is 25.4. The van der Waals surface area contributed by atoms with Gasteiger partial charge in [-0.25, -0.2) is 0 Å². The number of ether oxygens (including phenoxy) is 3. The van der Waals surface area contributed by atoms with Crippen LogP contribution in [0, 0.1) is 0 Å². The molecule has 0 fully saturated rings. The Labute approximate surface area is 387 Å². The Bertz CT molecular complexity index is 986. The van der Waals surface area contributed by atoms with Crippen LogP contribution in [0.3, 0.4) is 0 Å². The SMILES string of the molecule is CCCCCC/C=C\CCCCCCCC(=O)OC(COCCCCCCCC/C=C\CCCCCCCC)COC(=O)CCCCCCCCC/C=C\CCCCCCCC. The van der Waals surface area contributed by atoms with Crippen LogP contribution in [-0.2, 0) is 23.8 Å². The normalized spacial score (nSPS) is 12.4. The number of carbonyl (C=O) groups is 2. The van der Waals surface area contributed by atoms with Crippen LogP contribution >= 0.6 is 0 Å². The summed E-state index contributed by atoms with van der Waals surface area (Å²) in [5, 5.41) is 0. The molecule has 0 bridgehead atoms. The molecule has 0 saturated carbocycles. The predicted octanol–water partition coefficient (Wildman–Crippen LogP) is 18.6. The Morgan fingerprint density at radius 2 is 0.629 bits per heavy atom. The molecule has 1 unspecified atom stereocenters. The highest BCUT2D eigenvalue weighted by atomic mass is 16.6. The number of hydrogen-bond donors (Lipinski definition) is 0. The number of carbonyl (C=O) groups excluding carboxylic acids is 2. The molecule has 5 heteroatoms. The summed E-state index contributed by atoms with van der Waals surface area (Å²) in [6.45, 7) is 7.82. The van der Waals surface area contributed by atoms with Crippen LogP contribution < -0.4 is 0 Å². The molecule has 1 atom stereocenters. The highest BCUT2D eigenvalue weighted by molar-refractivity contribution is 5.70. The first-order valence-corrected chi connectivity index (χ1v) is 27.5. The van der Waals surface area contributed by atoms with Crippen molar-refractivity contribution >= 4 is 11.9 Å². The van der Waals surface area contributed by atoms with Gasteiger partial charge in [-0.1, -0.05) is 218 Å². The number of hydrogen-bond acceptors (Lipinski definition) is 5. The van der Waals surface area contributed by atoms with Crippen molar-refractivity contribution in [3.63, 3.8) is 0 Å². The summed E-state index contributed by atoms with van der Waals surface area (Å²) in [5.74, 6) is -0.402. The fourth-order valence-electron chi connectivity index (χ4n) is 7.97. The molecule has 0 aromatic heterocycles. The second-order valence-electron chi connectivity index (χ2n) is 18.5. The number of allylic oxidation sites excluding steroid dienone is 6. The van der Waals surface area contributed by atoms with Gasteiger partial charge in [0.05, 0.1) is 6.61 Å². The average Bonchev–Trinajstić information content (AvgIpc) is 3.27. The standard InChI is InChI=1S/C57H106O5/c1-4-7-10-13-16-19-22-25-27-29-30-33-35-38-41-44-47-50-56(58)61-54-55(62-57(59)51-48-45-42-39-36-32-24-21-18-15-12-9-6-3)53-60-52-49-46-43-40-37-34-31-28-26-23-20-17-14-11-8-5-2/h21,24-28,55H,4-20,22-23,29-54H2,1-3H3/b24-21-,27-25-,28-26-. The van der Waals surface area contributed by atoms with Crippen LogP contribution in [0.1, 0.15) is 290 Å². The van der Waals surface area contributed by atoms with E-state index in [-0.39, 0.29) is 25.2 Å². The van der Waals surface area contributed by atoms with Crippen LogP contribution in [0.5, 0.6) is 0 Å². The van der Waals surface area contributed by atoms with Gasteiger partial charge in [0, 0.05) is 19.4 Å². The third-order valence-electron chi connectivity index (χ3n) is 12.1. The van der Waals surface area contributed by atoms with Crippen molar-refractivity contribution in [1.82, 2.24) is 0 Å². The second kappa shape index (κ2) is 53.5. The monoisotopic (exact) mass is 871 g/mol. The molecule has 0 heterocycles. The number of rotatable bonds is 51. The van der Waals surface area contributed by atoms with E-state index in [2.05, 4.69) is 57.2 Å². The smallest absolute Gasteiger partial charge is 0.306 e. The van der Waals surface area contributed by atoms with Gasteiger partial charge in [0.15, 0.2) is 6.10 Å². The molecule has 0 amide bonds. The Kier molecular flexibility index (Phi) is 51.8. The van der Waals surface area contributed by atoms with Crippen molar-refractivity contribution < 1.29 is 23.8 Å². The lowest BCUT2D eigenvalue weighted by atomic mass is 10.1. The van der Waals surface area contributed by atoms with Crippen molar-refractivity contribution in [3.8, 4) is 0 Å². The highest BCUT2D eigenvalue weighted by Gasteiger charge is 2.17. The topological polar surface area (TPSA) is 61.8 Å². The maximum Gasteiger partial charge on any atom is 0.306 e. The van der Waals surface area contributed by atoms with E-state index in [1.807, 2.05) is 0 Å². The van der Waals surface area contributed by atoms with Gasteiger partial charge in [-0.05, 0) is 96.3 Å². The Hall–Kier alpha value is -1.88. The van der Waals surface area contributed by atoms with Gasteiger partial charge in [-0.2, -0.15) is 0 Å². The summed E-state index contributed by atoms with van der Waals surface area (Å²) in [5.41, 5.74) is 0. The quantitative estimate of drug-likeness (QED) is 0.0346. The number of esters is 2. The van der Waals surface area contributed by atoms with Crippen molar-refractivity contribution in [2.24, 2.45) is 0 Å². The Balaban J connectivity index is 4.25. The zero-order chi connectivity index (χ0) is 44.9. The maximum atomic E-state index is 12.8. The molecule has 0 N–H and O–H groups in total. The van der Waals surface area contributed by atoms with Gasteiger partial charge in [-0.15, -0.1) is 0 Å². The molecular formula is C57H106O5. The van der Waals surface area contributed by atoms with Crippen molar-refractivity contribution in [2.75, 3.05) is 19.8 Å². The molecule has 0 aliphatic rings. The van der Waals surface area contributed by atoms with E-state index in [1.54, 1.807) is 0 Å². The molecular weight excluding hydrogens is 765 g/mol. The first kappa shape index (κ1) is 60.1. The lowest BCUT2D eigenvalue weighted by Gasteiger charge is -2.18. The maximum absolute atomic E-state index is 12.8. The number of unbranched alkanes of at least 4 members (excludes halogenated alkanes) is 34. The fraction of sp³-hybridized carbons (Fsp3) is 0.860. The van der Waals surface area contributed by atoms with Crippen LogP contribution in [0.15, 0.2) is 36.5 Å². The fourth-order valence-corrected chi connectivity index (χ4v) is 7.97. The summed E-state index contributed by atoms with van der Waals surface area (Å²) < 4.78 is 17.4. The van der Waals surface area contributed by atoms with E-state index in [0.29, 0.717) is 19.4 Å². The molecule has 0 radical (unpaired) electrons. The molecule has 0 saturated heterocycles. The van der Waals surface area contributed by atoms with Crippen LogP contribution in [0.25, 0.3) is 0 Å². The molecule has 0 aliphatic heterocycles. The van der Waals surface area contributed by atoms with Crippen LogP contribution in [0.2, 0.25) is 0 Å². The van der Waals surface area contributed by atoms with Crippen molar-refractivity contribution in [3.05, 3.63) is 36.5 Å². The molecule has 5 nitrogen and oxygen atoms in total. The molecule has 364 valence electrons. The van der Waals surface area contributed by atoms with E-state index in [0.717, 1.165) is 51.4 Å². The van der Waals surface area contributed by atoms with Crippen LogP contribution in [-0.4, -0.2) is 37.9 Å².